The van der Waals surface area contributed by atoms with E-state index in [0.717, 1.165) is 19.3 Å². The number of rotatable bonds is 10. The van der Waals surface area contributed by atoms with Crippen LogP contribution in [0, 0.1) is 23.7 Å². The van der Waals surface area contributed by atoms with E-state index in [1.54, 1.807) is 0 Å². The maximum Gasteiger partial charge on any atom is 0.317 e. The number of carboxylic acid groups (broad SMARTS) is 4. The van der Waals surface area contributed by atoms with Crippen LogP contribution in [0.1, 0.15) is 44.9 Å². The topological polar surface area (TPSA) is 149 Å². The summed E-state index contributed by atoms with van der Waals surface area (Å²) in [5, 5.41) is 35.5. The maximum absolute atomic E-state index is 10.9. The Morgan fingerprint density at radius 3 is 1.26 bits per heavy atom. The Kier molecular flexibility index (Phi) is 6.99. The van der Waals surface area contributed by atoms with Gasteiger partial charge in [-0.15, -0.1) is 0 Å². The second kappa shape index (κ2) is 8.50. The van der Waals surface area contributed by atoms with Gasteiger partial charge in [0.05, 0.1) is 0 Å². The molecule has 0 aliphatic heterocycles. The third-order valence-electron chi connectivity index (χ3n) is 4.66. The summed E-state index contributed by atoms with van der Waals surface area (Å²) >= 11 is 0. The van der Waals surface area contributed by atoms with Gasteiger partial charge in [-0.1, -0.05) is 19.3 Å². The summed E-state index contributed by atoms with van der Waals surface area (Å²) in [6.45, 7) is 0. The molecule has 0 bridgehead atoms. The molecule has 0 aromatic heterocycles. The molecule has 23 heavy (non-hydrogen) atoms. The second-order valence-corrected chi connectivity index (χ2v) is 6.06. The minimum atomic E-state index is -1.43. The Morgan fingerprint density at radius 2 is 1.00 bits per heavy atom. The zero-order valence-corrected chi connectivity index (χ0v) is 12.7. The van der Waals surface area contributed by atoms with E-state index >= 15 is 0 Å². The molecule has 130 valence electrons. The first-order valence-corrected chi connectivity index (χ1v) is 7.65. The predicted octanol–water partition coefficient (Wildman–Crippen LogP) is 1.53. The highest BCUT2D eigenvalue weighted by atomic mass is 16.4. The molecule has 8 heteroatoms. The predicted molar refractivity (Wildman–Crippen MR) is 76.8 cm³/mol. The molecule has 0 aromatic rings. The molecule has 1 aliphatic rings. The van der Waals surface area contributed by atoms with Crippen LogP contribution in [0.2, 0.25) is 0 Å². The van der Waals surface area contributed by atoms with Crippen LogP contribution in [0.25, 0.3) is 0 Å². The van der Waals surface area contributed by atoms with Gasteiger partial charge in [-0.05, 0) is 37.5 Å². The van der Waals surface area contributed by atoms with Gasteiger partial charge in [0.2, 0.25) is 0 Å². The summed E-state index contributed by atoms with van der Waals surface area (Å²) in [4.78, 5) is 43.5. The Balaban J connectivity index is 2.53. The number of carbonyl (C=O) groups is 4. The molecule has 1 saturated carbocycles. The first kappa shape index (κ1) is 18.9. The summed E-state index contributed by atoms with van der Waals surface area (Å²) in [6.07, 6.45) is 3.53. The molecule has 0 heterocycles. The molecule has 4 N–H and O–H groups in total. The molecule has 0 amide bonds. The van der Waals surface area contributed by atoms with Crippen molar-refractivity contribution in [2.24, 2.45) is 23.7 Å². The molecule has 1 rings (SSSR count). The van der Waals surface area contributed by atoms with Gasteiger partial charge < -0.3 is 20.4 Å². The van der Waals surface area contributed by atoms with Crippen LogP contribution in [0.4, 0.5) is 0 Å². The standard InChI is InChI=1S/C15H22O8/c16-12(17)10(13(18)19)6-4-8-2-1-3-9(8)5-7-11(14(20)21)15(22)23/h8-11H,1-7H2,(H,16,17)(H,18,19)(H,20,21)(H,22,23). The van der Waals surface area contributed by atoms with Gasteiger partial charge >= 0.3 is 23.9 Å². The van der Waals surface area contributed by atoms with Crippen molar-refractivity contribution in [3.63, 3.8) is 0 Å². The molecule has 0 aromatic carbocycles. The van der Waals surface area contributed by atoms with Gasteiger partial charge in [0.1, 0.15) is 0 Å². The average Bonchev–Trinajstić information content (AvgIpc) is 2.85. The molecule has 0 saturated heterocycles. The number of aliphatic carboxylic acids is 4. The van der Waals surface area contributed by atoms with Crippen molar-refractivity contribution in [2.75, 3.05) is 0 Å². The van der Waals surface area contributed by atoms with Crippen LogP contribution in [0.3, 0.4) is 0 Å². The molecule has 1 fully saturated rings. The molecule has 2 atom stereocenters. The average molecular weight is 330 g/mol. The molecular formula is C15H22O8. The summed E-state index contributed by atoms with van der Waals surface area (Å²) in [6, 6.07) is 0. The van der Waals surface area contributed by atoms with Crippen molar-refractivity contribution >= 4 is 23.9 Å². The Hall–Kier alpha value is -2.12. The van der Waals surface area contributed by atoms with Crippen molar-refractivity contribution in [1.29, 1.82) is 0 Å². The maximum atomic E-state index is 10.9. The fourth-order valence-electron chi connectivity index (χ4n) is 3.34. The highest BCUT2D eigenvalue weighted by Gasteiger charge is 2.33. The van der Waals surface area contributed by atoms with E-state index in [1.165, 1.54) is 0 Å². The zero-order valence-electron chi connectivity index (χ0n) is 12.7. The lowest BCUT2D eigenvalue weighted by atomic mass is 9.84. The van der Waals surface area contributed by atoms with E-state index < -0.39 is 35.7 Å². The van der Waals surface area contributed by atoms with Gasteiger partial charge in [-0.3, -0.25) is 19.2 Å². The summed E-state index contributed by atoms with van der Waals surface area (Å²) < 4.78 is 0. The summed E-state index contributed by atoms with van der Waals surface area (Å²) in [7, 11) is 0. The Bertz CT molecular complexity index is 402. The quantitative estimate of drug-likeness (QED) is 0.440. The highest BCUT2D eigenvalue weighted by molar-refractivity contribution is 5.93. The monoisotopic (exact) mass is 330 g/mol. The summed E-state index contributed by atoms with van der Waals surface area (Å²) in [5.74, 6) is -8.04. The van der Waals surface area contributed by atoms with Crippen LogP contribution in [0.5, 0.6) is 0 Å². The minimum absolute atomic E-state index is 0.0348. The van der Waals surface area contributed by atoms with Gasteiger partial charge in [0.15, 0.2) is 11.8 Å². The molecule has 0 radical (unpaired) electrons. The molecular weight excluding hydrogens is 308 g/mol. The zero-order chi connectivity index (χ0) is 17.6. The van der Waals surface area contributed by atoms with E-state index in [1.807, 2.05) is 0 Å². The Morgan fingerprint density at radius 1 is 0.696 bits per heavy atom. The van der Waals surface area contributed by atoms with E-state index in [4.69, 9.17) is 20.4 Å². The van der Waals surface area contributed by atoms with Crippen LogP contribution in [-0.4, -0.2) is 44.3 Å². The SMILES string of the molecule is O=C(O)C(CCC1CCCC1CCC(C(=O)O)C(=O)O)C(=O)O. The highest BCUT2D eigenvalue weighted by Crippen LogP contribution is 2.39. The smallest absolute Gasteiger partial charge is 0.317 e. The molecule has 8 nitrogen and oxygen atoms in total. The first-order chi connectivity index (χ1) is 10.7. The normalized spacial score (nSPS) is 20.8. The van der Waals surface area contributed by atoms with Crippen molar-refractivity contribution in [1.82, 2.24) is 0 Å². The molecule has 0 spiro atoms. The van der Waals surface area contributed by atoms with E-state index in [9.17, 15) is 19.2 Å². The van der Waals surface area contributed by atoms with Gasteiger partial charge in [-0.2, -0.15) is 0 Å². The first-order valence-electron chi connectivity index (χ1n) is 7.65. The van der Waals surface area contributed by atoms with Crippen molar-refractivity contribution in [3.05, 3.63) is 0 Å². The lowest BCUT2D eigenvalue weighted by molar-refractivity contribution is -0.157. The fraction of sp³-hybridized carbons (Fsp3) is 0.733. The third kappa shape index (κ3) is 5.54. The van der Waals surface area contributed by atoms with Crippen molar-refractivity contribution < 1.29 is 39.6 Å². The molecule has 1 aliphatic carbocycles. The number of hydrogen-bond acceptors (Lipinski definition) is 4. The van der Waals surface area contributed by atoms with Crippen LogP contribution in [0.15, 0.2) is 0 Å². The van der Waals surface area contributed by atoms with Crippen molar-refractivity contribution in [3.8, 4) is 0 Å². The number of carboxylic acids is 4. The lowest BCUT2D eigenvalue weighted by Gasteiger charge is -2.21. The van der Waals surface area contributed by atoms with Crippen LogP contribution in [-0.2, 0) is 19.2 Å². The van der Waals surface area contributed by atoms with E-state index in [-0.39, 0.29) is 24.7 Å². The van der Waals surface area contributed by atoms with E-state index in [2.05, 4.69) is 0 Å². The number of hydrogen-bond donors (Lipinski definition) is 4. The van der Waals surface area contributed by atoms with Crippen LogP contribution < -0.4 is 0 Å². The fourth-order valence-corrected chi connectivity index (χ4v) is 3.34. The molecule has 2 unspecified atom stereocenters. The van der Waals surface area contributed by atoms with E-state index in [0.29, 0.717) is 12.8 Å². The summed E-state index contributed by atoms with van der Waals surface area (Å²) in [5.41, 5.74) is 0. The largest absolute Gasteiger partial charge is 0.481 e. The third-order valence-corrected chi connectivity index (χ3v) is 4.66. The minimum Gasteiger partial charge on any atom is -0.481 e. The van der Waals surface area contributed by atoms with Crippen LogP contribution >= 0.6 is 0 Å². The van der Waals surface area contributed by atoms with Crippen molar-refractivity contribution in [2.45, 2.75) is 44.9 Å². The second-order valence-electron chi connectivity index (χ2n) is 6.06. The Labute approximate surface area is 133 Å². The lowest BCUT2D eigenvalue weighted by Crippen LogP contribution is -2.26. The van der Waals surface area contributed by atoms with Gasteiger partial charge in [0.25, 0.3) is 0 Å². The van der Waals surface area contributed by atoms with Gasteiger partial charge in [0, 0.05) is 0 Å². The van der Waals surface area contributed by atoms with Gasteiger partial charge in [-0.25, -0.2) is 0 Å².